The van der Waals surface area contributed by atoms with E-state index >= 15 is 0 Å². The van der Waals surface area contributed by atoms with E-state index in [0.29, 0.717) is 16.7 Å². The van der Waals surface area contributed by atoms with E-state index in [1.165, 1.54) is 0 Å². The summed E-state index contributed by atoms with van der Waals surface area (Å²) in [6.07, 6.45) is 3.61. The summed E-state index contributed by atoms with van der Waals surface area (Å²) < 4.78 is 10.7. The number of ether oxygens (including phenoxy) is 1. The van der Waals surface area contributed by atoms with Gasteiger partial charge in [0.2, 0.25) is 0 Å². The molecule has 4 aromatic rings. The average molecular weight is 416 g/mol. The number of nitrogens with zero attached hydrogens (tertiary/aromatic N) is 1. The minimum Gasteiger partial charge on any atom is -0.497 e. The van der Waals surface area contributed by atoms with Gasteiger partial charge in [-0.05, 0) is 47.0 Å². The van der Waals surface area contributed by atoms with Gasteiger partial charge in [0.1, 0.15) is 17.4 Å². The molecule has 0 bridgehead atoms. The highest BCUT2D eigenvalue weighted by Gasteiger charge is 2.23. The number of methoxy groups -OCH3 is 1. The Morgan fingerprint density at radius 2 is 1.90 bits per heavy atom. The number of carboxylic acids is 1. The number of hydrogen-bond donors (Lipinski definition) is 2. The zero-order valence-corrected chi connectivity index (χ0v) is 16.7. The lowest BCUT2D eigenvalue weighted by Gasteiger charge is -2.14. The van der Waals surface area contributed by atoms with E-state index in [-0.39, 0.29) is 12.2 Å². The van der Waals surface area contributed by atoms with Gasteiger partial charge in [-0.15, -0.1) is 0 Å². The Balaban J connectivity index is 1.48. The van der Waals surface area contributed by atoms with Crippen LogP contribution in [-0.4, -0.2) is 35.1 Å². The molecule has 1 amide bonds. The minimum atomic E-state index is -1.12. The van der Waals surface area contributed by atoms with Gasteiger partial charge in [0.05, 0.1) is 7.11 Å². The van der Waals surface area contributed by atoms with Crippen molar-refractivity contribution >= 4 is 22.8 Å². The molecule has 1 unspecified atom stereocenters. The van der Waals surface area contributed by atoms with Gasteiger partial charge in [-0.3, -0.25) is 9.78 Å². The molecule has 0 aliphatic rings. The van der Waals surface area contributed by atoms with Crippen LogP contribution in [0.4, 0.5) is 0 Å². The Kier molecular flexibility index (Phi) is 5.66. The number of fused-ring (bicyclic) bond motifs is 1. The molecule has 7 nitrogen and oxygen atoms in total. The lowest BCUT2D eigenvalue weighted by molar-refractivity contribution is -0.139. The molecule has 1 atom stereocenters. The number of pyridine rings is 1. The molecule has 156 valence electrons. The Morgan fingerprint density at radius 3 is 2.58 bits per heavy atom. The summed E-state index contributed by atoms with van der Waals surface area (Å²) in [5, 5.41) is 12.8. The van der Waals surface area contributed by atoms with Crippen LogP contribution in [0.5, 0.6) is 5.75 Å². The molecular formula is C24H20N2O5. The van der Waals surface area contributed by atoms with Crippen molar-refractivity contribution in [3.05, 3.63) is 84.4 Å². The third-order valence-corrected chi connectivity index (χ3v) is 4.94. The molecule has 0 aliphatic carbocycles. The number of benzene rings is 2. The van der Waals surface area contributed by atoms with E-state index in [4.69, 9.17) is 9.15 Å². The van der Waals surface area contributed by atoms with Crippen LogP contribution >= 0.6 is 0 Å². The molecule has 2 heterocycles. The van der Waals surface area contributed by atoms with Crippen LogP contribution in [0.1, 0.15) is 16.1 Å². The number of hydrogen-bond acceptors (Lipinski definition) is 5. The van der Waals surface area contributed by atoms with E-state index in [1.807, 2.05) is 36.4 Å². The quantitative estimate of drug-likeness (QED) is 0.473. The number of carbonyl (C=O) groups excluding carboxylic acids is 1. The maximum atomic E-state index is 12.6. The van der Waals surface area contributed by atoms with Crippen molar-refractivity contribution in [2.75, 3.05) is 7.11 Å². The molecule has 7 heteroatoms. The Morgan fingerprint density at radius 1 is 1.10 bits per heavy atom. The molecule has 0 saturated carbocycles. The summed E-state index contributed by atoms with van der Waals surface area (Å²) in [6, 6.07) is 16.9. The molecule has 4 rings (SSSR count). The third-order valence-electron chi connectivity index (χ3n) is 4.94. The summed E-state index contributed by atoms with van der Waals surface area (Å²) in [5.41, 5.74) is 3.25. The van der Waals surface area contributed by atoms with Crippen molar-refractivity contribution in [1.29, 1.82) is 0 Å². The normalized spacial score (nSPS) is 11.8. The largest absolute Gasteiger partial charge is 0.497 e. The van der Waals surface area contributed by atoms with Gasteiger partial charge in [0.25, 0.3) is 5.91 Å². The molecule has 0 aliphatic heterocycles. The van der Waals surface area contributed by atoms with Gasteiger partial charge in [0.15, 0.2) is 5.76 Å². The lowest BCUT2D eigenvalue weighted by Crippen LogP contribution is -2.42. The van der Waals surface area contributed by atoms with Gasteiger partial charge in [0, 0.05) is 24.2 Å². The van der Waals surface area contributed by atoms with Crippen LogP contribution < -0.4 is 10.1 Å². The summed E-state index contributed by atoms with van der Waals surface area (Å²) in [7, 11) is 1.55. The number of nitrogens with one attached hydrogen (secondary N) is 1. The highest BCUT2D eigenvalue weighted by molar-refractivity contribution is 5.98. The maximum Gasteiger partial charge on any atom is 0.326 e. The summed E-state index contributed by atoms with van der Waals surface area (Å²) in [6.45, 7) is 0. The predicted octanol–water partition coefficient (Wildman–Crippen LogP) is 3.93. The third kappa shape index (κ3) is 4.56. The maximum absolute atomic E-state index is 12.6. The Labute approximate surface area is 178 Å². The highest BCUT2D eigenvalue weighted by Crippen LogP contribution is 2.24. The minimum absolute atomic E-state index is 0.0430. The zero-order chi connectivity index (χ0) is 21.8. The number of rotatable bonds is 7. The van der Waals surface area contributed by atoms with Crippen molar-refractivity contribution in [1.82, 2.24) is 10.3 Å². The molecule has 0 spiro atoms. The van der Waals surface area contributed by atoms with Crippen molar-refractivity contribution in [2.24, 2.45) is 0 Å². The van der Waals surface area contributed by atoms with Crippen molar-refractivity contribution in [3.8, 4) is 16.9 Å². The van der Waals surface area contributed by atoms with Gasteiger partial charge in [-0.1, -0.05) is 30.3 Å². The van der Waals surface area contributed by atoms with Gasteiger partial charge < -0.3 is 19.6 Å². The standard InChI is InChI=1S/C24H20N2O5/c1-30-19-8-9-21-18(12-19)13-22(31-21)23(27)26-20(24(28)29)11-15-4-6-16(7-5-15)17-3-2-10-25-14-17/h2-10,12-14,20H,11H2,1H3,(H,26,27)(H,28,29). The van der Waals surface area contributed by atoms with Crippen LogP contribution in [0.25, 0.3) is 22.1 Å². The van der Waals surface area contributed by atoms with Crippen LogP contribution in [0, 0.1) is 0 Å². The molecule has 0 saturated heterocycles. The predicted molar refractivity (Wildman–Crippen MR) is 115 cm³/mol. The van der Waals surface area contributed by atoms with Gasteiger partial charge in [-0.2, -0.15) is 0 Å². The Hall–Kier alpha value is -4.13. The second-order valence-corrected chi connectivity index (χ2v) is 7.02. The van der Waals surface area contributed by atoms with E-state index in [2.05, 4.69) is 10.3 Å². The number of carbonyl (C=O) groups is 2. The number of amides is 1. The monoisotopic (exact) mass is 416 g/mol. The number of carboxylic acid groups (broad SMARTS) is 1. The summed E-state index contributed by atoms with van der Waals surface area (Å²) in [4.78, 5) is 28.5. The molecule has 31 heavy (non-hydrogen) atoms. The summed E-state index contributed by atoms with van der Waals surface area (Å²) >= 11 is 0. The SMILES string of the molecule is COc1ccc2oc(C(=O)NC(Cc3ccc(-c4cccnc4)cc3)C(=O)O)cc2c1. The van der Waals surface area contributed by atoms with Gasteiger partial charge in [-0.25, -0.2) is 4.79 Å². The first-order chi connectivity index (χ1) is 15.0. The van der Waals surface area contributed by atoms with Crippen molar-refractivity contribution in [2.45, 2.75) is 12.5 Å². The fourth-order valence-corrected chi connectivity index (χ4v) is 3.29. The van der Waals surface area contributed by atoms with E-state index in [9.17, 15) is 14.7 Å². The molecule has 2 N–H and O–H groups in total. The van der Waals surface area contributed by atoms with Crippen molar-refractivity contribution in [3.63, 3.8) is 0 Å². The average Bonchev–Trinajstić information content (AvgIpc) is 3.23. The smallest absolute Gasteiger partial charge is 0.326 e. The molecule has 2 aromatic heterocycles. The first-order valence-electron chi connectivity index (χ1n) is 9.64. The second-order valence-electron chi connectivity index (χ2n) is 7.02. The first-order valence-corrected chi connectivity index (χ1v) is 9.64. The zero-order valence-electron chi connectivity index (χ0n) is 16.7. The Bertz CT molecular complexity index is 1220. The van der Waals surface area contributed by atoms with E-state index < -0.39 is 17.9 Å². The molecule has 0 fully saturated rings. The van der Waals surface area contributed by atoms with Crippen LogP contribution in [0.15, 0.2) is 77.5 Å². The van der Waals surface area contributed by atoms with Crippen molar-refractivity contribution < 1.29 is 23.8 Å². The number of aromatic nitrogens is 1. The number of aliphatic carboxylic acids is 1. The second kappa shape index (κ2) is 8.71. The topological polar surface area (TPSA) is 102 Å². The van der Waals surface area contributed by atoms with E-state index in [0.717, 1.165) is 16.7 Å². The first kappa shape index (κ1) is 20.2. The number of furan rings is 1. The van der Waals surface area contributed by atoms with E-state index in [1.54, 1.807) is 43.8 Å². The van der Waals surface area contributed by atoms with Crippen LogP contribution in [0.3, 0.4) is 0 Å². The van der Waals surface area contributed by atoms with Gasteiger partial charge >= 0.3 is 5.97 Å². The molecular weight excluding hydrogens is 396 g/mol. The lowest BCUT2D eigenvalue weighted by atomic mass is 10.0. The molecule has 2 aromatic carbocycles. The van der Waals surface area contributed by atoms with Crippen LogP contribution in [-0.2, 0) is 11.2 Å². The highest BCUT2D eigenvalue weighted by atomic mass is 16.5. The fourth-order valence-electron chi connectivity index (χ4n) is 3.29. The molecule has 0 radical (unpaired) electrons. The van der Waals surface area contributed by atoms with Crippen LogP contribution in [0.2, 0.25) is 0 Å². The summed E-state index contributed by atoms with van der Waals surface area (Å²) in [5.74, 6) is -1.03. The fraction of sp³-hybridized carbons (Fsp3) is 0.125.